The van der Waals surface area contributed by atoms with E-state index < -0.39 is 5.97 Å². The standard InChI is InChI=1S/C13H12.C7H6O2.C7H8O.C7H6O.C7H8.C7H7.C2H6/c1-3-7-12(8-4-1)11-13-9-5-2-6-10-13;8-7(9)6-4-2-1-3-5-6;2*8-6-7-4-2-1-3-5-7;2*1-7-5-3-2-4-6-7;1-2/h1-10H,11H2;1-5H,(H,8,9);1-5,8H,6H2;1-6H;2-6H,1H3;2-6H,1H2;1-2H3/q;;;;;+1;. The summed E-state index contributed by atoms with van der Waals surface area (Å²) < 4.78 is 0. The van der Waals surface area contributed by atoms with Crippen molar-refractivity contribution in [1.82, 2.24) is 0 Å². The molecular weight excluding hydrogens is 665 g/mol. The van der Waals surface area contributed by atoms with Gasteiger partial charge in [0.2, 0.25) is 0 Å². The maximum absolute atomic E-state index is 10.2. The minimum atomic E-state index is -0.879. The number of aldehydes is 1. The van der Waals surface area contributed by atoms with Crippen LogP contribution >= 0.6 is 0 Å². The van der Waals surface area contributed by atoms with Crippen molar-refractivity contribution in [3.63, 3.8) is 0 Å². The predicted molar refractivity (Wildman–Crippen MR) is 228 cm³/mol. The van der Waals surface area contributed by atoms with Crippen molar-refractivity contribution in [2.45, 2.75) is 33.8 Å². The molecule has 0 fully saturated rings. The van der Waals surface area contributed by atoms with Crippen molar-refractivity contribution in [2.24, 2.45) is 0 Å². The lowest BCUT2D eigenvalue weighted by molar-refractivity contribution is 0.0696. The van der Waals surface area contributed by atoms with Gasteiger partial charge in [0.1, 0.15) is 6.29 Å². The first-order valence-corrected chi connectivity index (χ1v) is 17.8. The van der Waals surface area contributed by atoms with Gasteiger partial charge >= 0.3 is 5.97 Å². The van der Waals surface area contributed by atoms with E-state index in [1.165, 1.54) is 16.7 Å². The Kier molecular flexibility index (Phi) is 26.4. The zero-order chi connectivity index (χ0) is 39.5. The van der Waals surface area contributed by atoms with E-state index in [0.29, 0.717) is 5.56 Å². The molecule has 0 saturated heterocycles. The lowest BCUT2D eigenvalue weighted by Crippen LogP contribution is -1.93. The van der Waals surface area contributed by atoms with Crippen LogP contribution in [0.3, 0.4) is 0 Å². The van der Waals surface area contributed by atoms with Gasteiger partial charge in [0, 0.05) is 36.3 Å². The largest absolute Gasteiger partial charge is 0.478 e. The predicted octanol–water partition coefficient (Wildman–Crippen LogP) is 12.2. The lowest BCUT2D eigenvalue weighted by atomic mass is 10.1. The van der Waals surface area contributed by atoms with Crippen LogP contribution in [0.1, 0.15) is 56.8 Å². The van der Waals surface area contributed by atoms with Crippen molar-refractivity contribution >= 4 is 12.3 Å². The fourth-order valence-electron chi connectivity index (χ4n) is 4.14. The summed E-state index contributed by atoms with van der Waals surface area (Å²) in [5, 5.41) is 16.9. The molecular formula is C50H53O4+. The summed E-state index contributed by atoms with van der Waals surface area (Å²) in [5.41, 5.74) is 7.16. The molecule has 1 aliphatic rings. The fraction of sp³-hybridized carbons (Fsp3) is 0.100. The highest BCUT2D eigenvalue weighted by Gasteiger charge is 1.97. The summed E-state index contributed by atoms with van der Waals surface area (Å²) in [6.07, 6.45) is 11.7. The highest BCUT2D eigenvalue weighted by atomic mass is 16.4. The van der Waals surface area contributed by atoms with Crippen LogP contribution < -0.4 is 0 Å². The Morgan fingerprint density at radius 1 is 0.593 bits per heavy atom. The SMILES string of the molecule is C=C1C=CC=C[CH+]1.CC.Cc1ccccc1.O=C(O)c1ccccc1.O=Cc1ccccc1.OCc1ccccc1.c1ccc(Cc2ccccc2)cc1. The van der Waals surface area contributed by atoms with Gasteiger partial charge in [0.25, 0.3) is 0 Å². The topological polar surface area (TPSA) is 74.6 Å². The van der Waals surface area contributed by atoms with Gasteiger partial charge in [-0.1, -0.05) is 189 Å². The van der Waals surface area contributed by atoms with Gasteiger partial charge in [-0.2, -0.15) is 0 Å². The number of aromatic carboxylic acids is 1. The van der Waals surface area contributed by atoms with Gasteiger partial charge in [-0.15, -0.1) is 0 Å². The molecule has 4 nitrogen and oxygen atoms in total. The number of carbonyl (C=O) groups is 2. The molecule has 1 aliphatic carbocycles. The Morgan fingerprint density at radius 2 is 0.981 bits per heavy atom. The fourth-order valence-corrected chi connectivity index (χ4v) is 4.14. The van der Waals surface area contributed by atoms with Crippen LogP contribution in [0.4, 0.5) is 0 Å². The maximum Gasteiger partial charge on any atom is 0.335 e. The van der Waals surface area contributed by atoms with Crippen LogP contribution in [0.25, 0.3) is 0 Å². The summed E-state index contributed by atoms with van der Waals surface area (Å²) in [4.78, 5) is 20.2. The van der Waals surface area contributed by atoms with Crippen LogP contribution in [-0.2, 0) is 13.0 Å². The number of carboxylic acids is 1. The number of carbonyl (C=O) groups excluding carboxylic acids is 1. The van der Waals surface area contributed by atoms with Crippen LogP contribution in [-0.4, -0.2) is 22.5 Å². The van der Waals surface area contributed by atoms with E-state index in [1.54, 1.807) is 42.5 Å². The van der Waals surface area contributed by atoms with E-state index in [-0.39, 0.29) is 6.61 Å². The molecule has 6 aromatic rings. The Balaban J connectivity index is 0.000000326. The van der Waals surface area contributed by atoms with E-state index in [4.69, 9.17) is 10.2 Å². The molecule has 0 heterocycles. The highest BCUT2D eigenvalue weighted by Crippen LogP contribution is 2.08. The van der Waals surface area contributed by atoms with Crippen LogP contribution in [0.5, 0.6) is 0 Å². The number of hydrogen-bond acceptors (Lipinski definition) is 3. The number of allylic oxidation sites excluding steroid dienone is 5. The molecule has 0 aromatic heterocycles. The van der Waals surface area contributed by atoms with Crippen LogP contribution in [0.15, 0.2) is 218 Å². The molecule has 0 aliphatic heterocycles. The first-order valence-electron chi connectivity index (χ1n) is 17.8. The summed E-state index contributed by atoms with van der Waals surface area (Å²) in [6.45, 7) is 9.94. The number of rotatable bonds is 5. The van der Waals surface area contributed by atoms with Crippen molar-refractivity contribution in [2.75, 3.05) is 0 Å². The summed E-state index contributed by atoms with van der Waals surface area (Å²) >= 11 is 0. The normalized spacial score (nSPS) is 9.89. The third-order valence-corrected chi connectivity index (χ3v) is 6.86. The molecule has 0 spiro atoms. The lowest BCUT2D eigenvalue weighted by Gasteiger charge is -2.00. The molecule has 4 heteroatoms. The number of aliphatic hydroxyl groups excluding tert-OH is 1. The number of aryl methyl sites for hydroxylation is 1. The maximum atomic E-state index is 10.2. The molecule has 276 valence electrons. The molecule has 54 heavy (non-hydrogen) atoms. The highest BCUT2D eigenvalue weighted by molar-refractivity contribution is 5.87. The molecule has 0 amide bonds. The minimum Gasteiger partial charge on any atom is -0.478 e. The molecule has 7 rings (SSSR count). The average molecular weight is 718 g/mol. The van der Waals surface area contributed by atoms with Gasteiger partial charge in [-0.05, 0) is 48.7 Å². The van der Waals surface area contributed by atoms with Gasteiger partial charge in [-0.25, -0.2) is 4.79 Å². The zero-order valence-corrected chi connectivity index (χ0v) is 31.6. The van der Waals surface area contributed by atoms with E-state index in [1.807, 2.05) is 111 Å². The van der Waals surface area contributed by atoms with Gasteiger partial charge < -0.3 is 10.2 Å². The Labute approximate surface area is 323 Å². The number of benzene rings is 6. The van der Waals surface area contributed by atoms with E-state index >= 15 is 0 Å². The second kappa shape index (κ2) is 31.3. The molecule has 0 bridgehead atoms. The van der Waals surface area contributed by atoms with Crippen molar-refractivity contribution < 1.29 is 19.8 Å². The quantitative estimate of drug-likeness (QED) is 0.137. The minimum absolute atomic E-state index is 0.140. The Hall–Kier alpha value is -6.49. The van der Waals surface area contributed by atoms with Crippen LogP contribution in [0.2, 0.25) is 0 Å². The van der Waals surface area contributed by atoms with E-state index in [0.717, 1.165) is 29.4 Å². The van der Waals surface area contributed by atoms with Crippen molar-refractivity contribution in [3.8, 4) is 0 Å². The second-order valence-electron chi connectivity index (χ2n) is 11.1. The third kappa shape index (κ3) is 23.8. The first-order chi connectivity index (χ1) is 26.4. The molecule has 0 radical (unpaired) electrons. The molecule has 2 N–H and O–H groups in total. The summed E-state index contributed by atoms with van der Waals surface area (Å²) in [7, 11) is 0. The molecule has 0 atom stereocenters. The second-order valence-corrected chi connectivity index (χ2v) is 11.1. The first kappa shape index (κ1) is 45.5. The van der Waals surface area contributed by atoms with Crippen molar-refractivity contribution in [1.29, 1.82) is 0 Å². The zero-order valence-electron chi connectivity index (χ0n) is 31.6. The summed E-state index contributed by atoms with van der Waals surface area (Å²) in [6, 6.07) is 58.2. The van der Waals surface area contributed by atoms with Crippen LogP contribution in [0, 0.1) is 13.3 Å². The number of hydrogen-bond donors (Lipinski definition) is 2. The van der Waals surface area contributed by atoms with Gasteiger partial charge in [-0.3, -0.25) is 4.79 Å². The smallest absolute Gasteiger partial charge is 0.335 e. The molecule has 0 unspecified atom stereocenters. The van der Waals surface area contributed by atoms with Gasteiger partial charge in [0.15, 0.2) is 0 Å². The number of aliphatic hydroxyl groups is 1. The molecule has 0 saturated carbocycles. The molecule has 6 aromatic carbocycles. The van der Waals surface area contributed by atoms with E-state index in [2.05, 4.69) is 86.3 Å². The Bertz CT molecular complexity index is 1800. The monoisotopic (exact) mass is 717 g/mol. The number of carboxylic acid groups (broad SMARTS) is 1. The third-order valence-electron chi connectivity index (χ3n) is 6.86. The Morgan fingerprint density at radius 3 is 1.22 bits per heavy atom. The van der Waals surface area contributed by atoms with Gasteiger partial charge in [0.05, 0.1) is 17.7 Å². The van der Waals surface area contributed by atoms with E-state index in [9.17, 15) is 9.59 Å². The average Bonchev–Trinajstić information content (AvgIpc) is 3.25. The van der Waals surface area contributed by atoms with Crippen molar-refractivity contribution in [3.05, 3.63) is 258 Å². The summed E-state index contributed by atoms with van der Waals surface area (Å²) in [5.74, 6) is -0.879.